The van der Waals surface area contributed by atoms with Crippen LogP contribution in [0.5, 0.6) is 0 Å². The monoisotopic (exact) mass is 297 g/mol. The summed E-state index contributed by atoms with van der Waals surface area (Å²) < 4.78 is 0. The predicted octanol–water partition coefficient (Wildman–Crippen LogP) is 3.59. The topological polar surface area (TPSA) is 32.4 Å². The molecule has 1 aliphatic heterocycles. The summed E-state index contributed by atoms with van der Waals surface area (Å²) in [5.74, 6) is 0.348. The van der Waals surface area contributed by atoms with E-state index in [1.54, 1.807) is 0 Å². The van der Waals surface area contributed by atoms with Crippen molar-refractivity contribution in [2.45, 2.75) is 18.9 Å². The van der Waals surface area contributed by atoms with Crippen molar-refractivity contribution in [2.24, 2.45) is 0 Å². The summed E-state index contributed by atoms with van der Waals surface area (Å²) in [6.07, 6.45) is 0. The number of nitrogens with one attached hydrogen (secondary N) is 1. The van der Waals surface area contributed by atoms with Gasteiger partial charge in [-0.15, -0.1) is 0 Å². The zero-order valence-electron chi connectivity index (χ0n) is 11.9. The molecule has 0 unspecified atom stereocenters. The fraction of sp³-hybridized carbons (Fsp3) is 0.222. The van der Waals surface area contributed by atoms with Crippen molar-refractivity contribution in [1.29, 1.82) is 0 Å². The van der Waals surface area contributed by atoms with Gasteiger partial charge in [-0.1, -0.05) is 48.0 Å². The van der Waals surface area contributed by atoms with Gasteiger partial charge < -0.3 is 10.3 Å². The van der Waals surface area contributed by atoms with Crippen molar-refractivity contribution in [2.75, 3.05) is 6.54 Å². The van der Waals surface area contributed by atoms with Crippen LogP contribution in [0, 0.1) is 0 Å². The van der Waals surface area contributed by atoms with Crippen LogP contribution in [0.2, 0.25) is 5.02 Å². The number of hydrogen-bond donors (Lipinski definition) is 2. The van der Waals surface area contributed by atoms with Gasteiger partial charge >= 0.3 is 0 Å². The number of quaternary nitrogens is 1. The minimum Gasteiger partial charge on any atom is -0.353 e. The van der Waals surface area contributed by atoms with E-state index in [1.165, 1.54) is 27.7 Å². The first-order valence-corrected chi connectivity index (χ1v) is 7.81. The van der Waals surface area contributed by atoms with Crippen LogP contribution in [-0.4, -0.2) is 11.5 Å². The quantitative estimate of drug-likeness (QED) is 0.688. The van der Waals surface area contributed by atoms with Gasteiger partial charge in [0.15, 0.2) is 0 Å². The molecule has 0 aliphatic carbocycles. The zero-order valence-corrected chi connectivity index (χ0v) is 12.7. The van der Waals surface area contributed by atoms with Crippen molar-refractivity contribution in [1.82, 2.24) is 4.98 Å². The maximum atomic E-state index is 6.45. The normalized spacial score (nSPS) is 21.4. The van der Waals surface area contributed by atoms with E-state index in [-0.39, 0.29) is 0 Å². The first-order valence-electron chi connectivity index (χ1n) is 7.44. The molecule has 2 aromatic carbocycles. The lowest BCUT2D eigenvalue weighted by molar-refractivity contribution is -0.698. The molecule has 21 heavy (non-hydrogen) atoms. The lowest BCUT2D eigenvalue weighted by Crippen LogP contribution is -2.87. The van der Waals surface area contributed by atoms with Crippen molar-refractivity contribution in [3.8, 4) is 0 Å². The molecule has 3 N–H and O–H groups in total. The summed E-state index contributed by atoms with van der Waals surface area (Å²) in [4.78, 5) is 3.61. The number of fused-ring (bicyclic) bond motifs is 3. The Labute approximate surface area is 129 Å². The summed E-state index contributed by atoms with van der Waals surface area (Å²) >= 11 is 6.45. The molecule has 2 atom stereocenters. The van der Waals surface area contributed by atoms with Crippen LogP contribution in [0.4, 0.5) is 0 Å². The van der Waals surface area contributed by atoms with Crippen LogP contribution in [0.25, 0.3) is 10.9 Å². The molecule has 0 saturated carbocycles. The first kappa shape index (κ1) is 12.9. The number of rotatable bonds is 1. The second-order valence-corrected chi connectivity index (χ2v) is 6.24. The summed E-state index contributed by atoms with van der Waals surface area (Å²) in [6.45, 7) is 3.30. The Hall–Kier alpha value is -1.77. The SMILES string of the molecule is C[C@H]1[NH2+]C[C@@H](c2ccccc2Cl)c2c1[nH]c1ccccc21. The predicted molar refractivity (Wildman–Crippen MR) is 86.8 cm³/mol. The number of aromatic nitrogens is 1. The van der Waals surface area contributed by atoms with E-state index in [2.05, 4.69) is 53.6 Å². The van der Waals surface area contributed by atoms with Gasteiger partial charge in [0.05, 0.1) is 18.2 Å². The maximum Gasteiger partial charge on any atom is 0.124 e. The molecular formula is C18H18ClN2+. The molecule has 4 rings (SSSR count). The number of halogens is 1. The van der Waals surface area contributed by atoms with Gasteiger partial charge in [0.25, 0.3) is 0 Å². The standard InChI is InChI=1S/C18H17ClN2/c1-11-18-17(13-7-3-5-9-16(13)21-18)14(10-20-11)12-6-2-4-8-15(12)19/h2-9,11,14,20-21H,10H2,1H3/p+1/t11-,14+/m1/s1. The molecule has 0 radical (unpaired) electrons. The maximum absolute atomic E-state index is 6.45. The molecule has 1 aromatic heterocycles. The van der Waals surface area contributed by atoms with Gasteiger partial charge in [-0.2, -0.15) is 0 Å². The van der Waals surface area contributed by atoms with E-state index in [4.69, 9.17) is 11.6 Å². The Balaban J connectivity index is 1.98. The number of benzene rings is 2. The van der Waals surface area contributed by atoms with Gasteiger partial charge in [-0.3, -0.25) is 0 Å². The second-order valence-electron chi connectivity index (χ2n) is 5.83. The molecular weight excluding hydrogens is 280 g/mol. The van der Waals surface area contributed by atoms with Gasteiger partial charge in [0, 0.05) is 15.9 Å². The van der Waals surface area contributed by atoms with Gasteiger partial charge in [0.1, 0.15) is 6.04 Å². The summed E-state index contributed by atoms with van der Waals surface area (Å²) in [6, 6.07) is 17.3. The third-order valence-electron chi connectivity index (χ3n) is 4.59. The third kappa shape index (κ3) is 1.98. The van der Waals surface area contributed by atoms with Crippen LogP contribution in [-0.2, 0) is 0 Å². The summed E-state index contributed by atoms with van der Waals surface area (Å²) in [7, 11) is 0. The van der Waals surface area contributed by atoms with Gasteiger partial charge in [0.2, 0.25) is 0 Å². The second kappa shape index (κ2) is 4.90. The molecule has 106 valence electrons. The molecule has 0 bridgehead atoms. The van der Waals surface area contributed by atoms with Crippen LogP contribution in [0.1, 0.15) is 35.7 Å². The van der Waals surface area contributed by atoms with Gasteiger partial charge in [-0.05, 0) is 30.2 Å². The average Bonchev–Trinajstić information content (AvgIpc) is 2.89. The largest absolute Gasteiger partial charge is 0.353 e. The van der Waals surface area contributed by atoms with Crippen LogP contribution < -0.4 is 5.32 Å². The highest BCUT2D eigenvalue weighted by Gasteiger charge is 2.33. The van der Waals surface area contributed by atoms with Crippen LogP contribution >= 0.6 is 11.6 Å². The fourth-order valence-electron chi connectivity index (χ4n) is 3.54. The molecule has 3 aromatic rings. The smallest absolute Gasteiger partial charge is 0.124 e. The molecule has 2 heterocycles. The Morgan fingerprint density at radius 3 is 2.71 bits per heavy atom. The zero-order chi connectivity index (χ0) is 14.4. The first-order chi connectivity index (χ1) is 10.3. The Bertz CT molecular complexity index is 806. The molecule has 0 fully saturated rings. The highest BCUT2D eigenvalue weighted by molar-refractivity contribution is 6.31. The lowest BCUT2D eigenvalue weighted by atomic mass is 9.85. The van der Waals surface area contributed by atoms with E-state index in [0.29, 0.717) is 12.0 Å². The minimum atomic E-state index is 0.348. The molecule has 3 heteroatoms. The average molecular weight is 298 g/mol. The van der Waals surface area contributed by atoms with E-state index in [0.717, 1.165) is 11.6 Å². The number of hydrogen-bond acceptors (Lipinski definition) is 0. The number of H-pyrrole nitrogens is 1. The molecule has 0 amide bonds. The Kier molecular flexibility index (Phi) is 3.02. The van der Waals surface area contributed by atoms with E-state index < -0.39 is 0 Å². The molecule has 0 spiro atoms. The van der Waals surface area contributed by atoms with Crippen LogP contribution in [0.3, 0.4) is 0 Å². The lowest BCUT2D eigenvalue weighted by Gasteiger charge is -2.26. The highest BCUT2D eigenvalue weighted by atomic mass is 35.5. The highest BCUT2D eigenvalue weighted by Crippen LogP contribution is 2.39. The summed E-state index contributed by atoms with van der Waals surface area (Å²) in [5.41, 5.74) is 5.22. The Morgan fingerprint density at radius 2 is 1.86 bits per heavy atom. The van der Waals surface area contributed by atoms with Gasteiger partial charge in [-0.25, -0.2) is 0 Å². The molecule has 1 aliphatic rings. The van der Waals surface area contributed by atoms with E-state index in [1.807, 2.05) is 12.1 Å². The number of aromatic amines is 1. The van der Waals surface area contributed by atoms with Crippen molar-refractivity contribution >= 4 is 22.5 Å². The van der Waals surface area contributed by atoms with E-state index >= 15 is 0 Å². The van der Waals surface area contributed by atoms with Crippen LogP contribution in [0.15, 0.2) is 48.5 Å². The molecule has 0 saturated heterocycles. The molecule has 2 nitrogen and oxygen atoms in total. The number of nitrogens with two attached hydrogens (primary N) is 1. The fourth-order valence-corrected chi connectivity index (χ4v) is 3.80. The Morgan fingerprint density at radius 1 is 1.10 bits per heavy atom. The van der Waals surface area contributed by atoms with Crippen molar-refractivity contribution in [3.05, 3.63) is 70.4 Å². The minimum absolute atomic E-state index is 0.348. The van der Waals surface area contributed by atoms with Crippen molar-refractivity contribution in [3.63, 3.8) is 0 Å². The summed E-state index contributed by atoms with van der Waals surface area (Å²) in [5, 5.41) is 4.59. The number of para-hydroxylation sites is 1. The van der Waals surface area contributed by atoms with E-state index in [9.17, 15) is 0 Å². The third-order valence-corrected chi connectivity index (χ3v) is 4.93. The van der Waals surface area contributed by atoms with Crippen molar-refractivity contribution < 1.29 is 5.32 Å².